The van der Waals surface area contributed by atoms with Crippen LogP contribution < -0.4 is 0 Å². The summed E-state index contributed by atoms with van der Waals surface area (Å²) in [7, 11) is 3.91. The Bertz CT molecular complexity index is 1370. The fraction of sp³-hybridized carbons (Fsp3) is 0.567. The summed E-state index contributed by atoms with van der Waals surface area (Å²) < 4.78 is 7.26. The summed E-state index contributed by atoms with van der Waals surface area (Å²) in [6, 6.07) is 7.98. The molecule has 2 aromatic rings. The van der Waals surface area contributed by atoms with E-state index in [0.29, 0.717) is 6.42 Å². The lowest BCUT2D eigenvalue weighted by atomic mass is 9.54. The van der Waals surface area contributed by atoms with E-state index in [1.54, 1.807) is 6.20 Å². The smallest absolute Gasteiger partial charge is 0.218 e. The first-order chi connectivity index (χ1) is 17.5. The van der Waals surface area contributed by atoms with Gasteiger partial charge in [0, 0.05) is 23.5 Å². The van der Waals surface area contributed by atoms with Crippen LogP contribution in [0.3, 0.4) is 0 Å². The van der Waals surface area contributed by atoms with Crippen LogP contribution in [0.25, 0.3) is 16.3 Å². The molecule has 5 aliphatic rings. The molecule has 196 valence electrons. The number of halogens is 1. The summed E-state index contributed by atoms with van der Waals surface area (Å²) in [6.45, 7) is 2.37. The number of ether oxygens (including phenoxy) is 1. The molecule has 7 heteroatoms. The number of aliphatic hydroxyl groups is 2. The third kappa shape index (κ3) is 2.94. The van der Waals surface area contributed by atoms with E-state index in [2.05, 4.69) is 36.2 Å². The van der Waals surface area contributed by atoms with Gasteiger partial charge in [-0.3, -0.25) is 0 Å². The molecule has 2 bridgehead atoms. The van der Waals surface area contributed by atoms with Crippen LogP contribution in [0.2, 0.25) is 0 Å². The minimum Gasteiger partial charge on any atom is -0.493 e. The predicted molar refractivity (Wildman–Crippen MR) is 143 cm³/mol. The van der Waals surface area contributed by atoms with Crippen LogP contribution in [0.1, 0.15) is 51.0 Å². The van der Waals surface area contributed by atoms with Gasteiger partial charge in [-0.2, -0.15) is 0 Å². The molecular formula is C30H35ClN2O4. The number of allylic oxidation sites excluding steroid dienone is 2. The highest BCUT2D eigenvalue weighted by Crippen LogP contribution is 2.71. The van der Waals surface area contributed by atoms with Gasteiger partial charge in [0.25, 0.3) is 0 Å². The van der Waals surface area contributed by atoms with Crippen molar-refractivity contribution in [2.45, 2.75) is 79.8 Å². The van der Waals surface area contributed by atoms with Gasteiger partial charge in [0.05, 0.1) is 22.2 Å². The second kappa shape index (κ2) is 7.57. The zero-order chi connectivity index (χ0) is 26.0. The first kappa shape index (κ1) is 24.1. The zero-order valence-electron chi connectivity index (χ0n) is 21.6. The molecule has 2 spiro atoms. The molecule has 1 aromatic heterocycles. The number of hydrogen-bond donors (Lipinski definition) is 3. The molecule has 8 atom stereocenters. The number of benzene rings is 1. The molecule has 6 nitrogen and oxygen atoms in total. The van der Waals surface area contributed by atoms with Crippen molar-refractivity contribution in [3.05, 3.63) is 53.8 Å². The number of aromatic hydroxyl groups is 1. The van der Waals surface area contributed by atoms with Crippen LogP contribution in [-0.4, -0.2) is 73.6 Å². The SMILES string of the molecule is CN(C)[C@H]1C[C@@]23CC[C@]4(O2)C2CC=C(c5ccc6c(O)nccc6c5)[C@@]2(C)CCC4(Cl)C=C3[C@@H](O)[C@@H]1O. The first-order valence-corrected chi connectivity index (χ1v) is 13.9. The lowest BCUT2D eigenvalue weighted by Crippen LogP contribution is -2.68. The summed E-state index contributed by atoms with van der Waals surface area (Å²) in [5, 5.41) is 34.1. The van der Waals surface area contributed by atoms with Crippen molar-refractivity contribution in [3.8, 4) is 5.88 Å². The minimum absolute atomic E-state index is 0.0577. The van der Waals surface area contributed by atoms with E-state index in [0.717, 1.165) is 48.4 Å². The molecule has 3 N–H and O–H groups in total. The summed E-state index contributed by atoms with van der Waals surface area (Å²) in [5.74, 6) is 0.268. The van der Waals surface area contributed by atoms with Gasteiger partial charge in [0.15, 0.2) is 0 Å². The fourth-order valence-electron chi connectivity index (χ4n) is 8.76. The number of hydrogen-bond acceptors (Lipinski definition) is 6. The zero-order valence-corrected chi connectivity index (χ0v) is 22.4. The van der Waals surface area contributed by atoms with Crippen molar-refractivity contribution < 1.29 is 20.1 Å². The Morgan fingerprint density at radius 1 is 1.11 bits per heavy atom. The number of pyridine rings is 1. The number of aliphatic hydroxyl groups excluding tert-OH is 2. The normalized spacial score (nSPS) is 44.3. The molecule has 3 heterocycles. The van der Waals surface area contributed by atoms with Crippen molar-refractivity contribution in [3.63, 3.8) is 0 Å². The van der Waals surface area contributed by atoms with Crippen LogP contribution in [-0.2, 0) is 4.74 Å². The largest absolute Gasteiger partial charge is 0.493 e. The van der Waals surface area contributed by atoms with Crippen LogP contribution in [0, 0.1) is 11.3 Å². The number of nitrogens with zero attached hydrogens (tertiary/aromatic N) is 2. The summed E-state index contributed by atoms with van der Waals surface area (Å²) in [5.41, 5.74) is 2.07. The van der Waals surface area contributed by atoms with Crippen molar-refractivity contribution in [1.82, 2.24) is 9.88 Å². The maximum Gasteiger partial charge on any atom is 0.218 e. The Morgan fingerprint density at radius 2 is 1.92 bits per heavy atom. The third-order valence-electron chi connectivity index (χ3n) is 10.7. The van der Waals surface area contributed by atoms with Gasteiger partial charge < -0.3 is 25.0 Å². The molecule has 3 fully saturated rings. The number of fused-ring (bicyclic) bond motifs is 2. The van der Waals surface area contributed by atoms with Gasteiger partial charge in [-0.1, -0.05) is 25.1 Å². The van der Waals surface area contributed by atoms with Gasteiger partial charge in [-0.25, -0.2) is 4.98 Å². The Hall–Kier alpha value is -1.96. The van der Waals surface area contributed by atoms with E-state index < -0.39 is 28.3 Å². The molecule has 2 saturated carbocycles. The van der Waals surface area contributed by atoms with Gasteiger partial charge in [0.1, 0.15) is 6.10 Å². The van der Waals surface area contributed by atoms with Gasteiger partial charge >= 0.3 is 0 Å². The predicted octanol–water partition coefficient (Wildman–Crippen LogP) is 4.41. The number of alkyl halides is 1. The summed E-state index contributed by atoms with van der Waals surface area (Å²) in [6.07, 6.45) is 9.15. The van der Waals surface area contributed by atoms with Gasteiger partial charge in [0.2, 0.25) is 5.88 Å². The van der Waals surface area contributed by atoms with Crippen molar-refractivity contribution in [2.75, 3.05) is 14.1 Å². The minimum atomic E-state index is -0.970. The van der Waals surface area contributed by atoms with Crippen LogP contribution in [0.5, 0.6) is 5.88 Å². The van der Waals surface area contributed by atoms with Crippen LogP contribution in [0.15, 0.2) is 48.2 Å². The Morgan fingerprint density at radius 3 is 2.70 bits per heavy atom. The van der Waals surface area contributed by atoms with Crippen LogP contribution in [0.4, 0.5) is 0 Å². The first-order valence-electron chi connectivity index (χ1n) is 13.5. The van der Waals surface area contributed by atoms with Crippen molar-refractivity contribution in [2.24, 2.45) is 11.3 Å². The highest BCUT2D eigenvalue weighted by Gasteiger charge is 2.73. The number of likely N-dealkylation sites (N-methyl/N-ethyl adjacent to an activating group) is 1. The maximum absolute atomic E-state index is 11.2. The Kier molecular flexibility index (Phi) is 4.94. The number of rotatable bonds is 2. The lowest BCUT2D eigenvalue weighted by molar-refractivity contribution is -0.199. The van der Waals surface area contributed by atoms with Crippen molar-refractivity contribution >= 4 is 27.9 Å². The van der Waals surface area contributed by atoms with E-state index in [1.807, 2.05) is 31.1 Å². The van der Waals surface area contributed by atoms with E-state index in [-0.39, 0.29) is 23.3 Å². The Balaban J connectivity index is 1.30. The monoisotopic (exact) mass is 522 g/mol. The van der Waals surface area contributed by atoms with Crippen LogP contribution >= 0.6 is 11.6 Å². The van der Waals surface area contributed by atoms with Gasteiger partial charge in [-0.05, 0) is 98.3 Å². The Labute approximate surface area is 222 Å². The number of aromatic nitrogens is 1. The second-order valence-electron chi connectivity index (χ2n) is 12.5. The molecule has 1 saturated heterocycles. The average molecular weight is 523 g/mol. The highest BCUT2D eigenvalue weighted by atomic mass is 35.5. The van der Waals surface area contributed by atoms with E-state index in [1.165, 1.54) is 11.1 Å². The van der Waals surface area contributed by atoms with E-state index >= 15 is 0 Å². The third-order valence-corrected chi connectivity index (χ3v) is 11.3. The summed E-state index contributed by atoms with van der Waals surface area (Å²) >= 11 is 7.54. The fourth-order valence-corrected chi connectivity index (χ4v) is 9.24. The molecule has 0 amide bonds. The quantitative estimate of drug-likeness (QED) is 0.400. The molecule has 2 aliphatic heterocycles. The van der Waals surface area contributed by atoms with Gasteiger partial charge in [-0.15, -0.1) is 11.6 Å². The topological polar surface area (TPSA) is 86.1 Å². The molecule has 3 aliphatic carbocycles. The molecule has 2 unspecified atom stereocenters. The maximum atomic E-state index is 11.2. The highest BCUT2D eigenvalue weighted by molar-refractivity contribution is 6.26. The molecule has 7 rings (SSSR count). The standard InChI is InChI=1S/C30H35ClN2O4/c1-27-9-11-29(31)15-21-24(34)25(35)22(33(2)3)16-28(21)10-12-30(29,37-28)23(27)7-6-20(27)18-4-5-19-17(14-18)8-13-32-26(19)36/h4-6,8,13-15,22-25,34-35H,7,9-12,16H2,1-3H3,(H,32,36)/t22-,23?,24+,25+,27+,28+,29?,30-/m0/s1. The molecular weight excluding hydrogens is 488 g/mol. The second-order valence-corrected chi connectivity index (χ2v) is 13.2. The molecule has 1 aromatic carbocycles. The van der Waals surface area contributed by atoms with E-state index in [4.69, 9.17) is 16.3 Å². The molecule has 37 heavy (non-hydrogen) atoms. The van der Waals surface area contributed by atoms with Crippen molar-refractivity contribution in [1.29, 1.82) is 0 Å². The molecule has 0 radical (unpaired) electrons. The van der Waals surface area contributed by atoms with E-state index in [9.17, 15) is 15.3 Å². The summed E-state index contributed by atoms with van der Waals surface area (Å²) in [4.78, 5) is 5.32. The average Bonchev–Trinajstić information content (AvgIpc) is 3.40. The lowest BCUT2D eigenvalue weighted by Gasteiger charge is -2.61.